The number of hydrogen-bond donors (Lipinski definition) is 1. The van der Waals surface area contributed by atoms with Crippen LogP contribution in [-0.2, 0) is 12.8 Å². The third-order valence-electron chi connectivity index (χ3n) is 3.06. The summed E-state index contributed by atoms with van der Waals surface area (Å²) < 4.78 is 14.3. The topological polar surface area (TPSA) is 12.0 Å². The number of nitrogens with one attached hydrogen (secondary N) is 1. The van der Waals surface area contributed by atoms with E-state index in [2.05, 4.69) is 24.4 Å². The zero-order valence-corrected chi connectivity index (χ0v) is 10.0. The Bertz CT molecular complexity index is 315. The monoisotopic (exact) mass is 227 g/mol. The smallest absolute Gasteiger partial charge is 0.118 e. The fourth-order valence-electron chi connectivity index (χ4n) is 2.07. The molecule has 1 saturated heterocycles. The first kappa shape index (κ1) is 11.1. The van der Waals surface area contributed by atoms with Crippen LogP contribution in [-0.4, -0.2) is 18.8 Å². The molecule has 0 bridgehead atoms. The van der Waals surface area contributed by atoms with Gasteiger partial charge in [-0.1, -0.05) is 6.92 Å². The Morgan fingerprint density at radius 1 is 1.33 bits per heavy atom. The molecule has 0 radical (unpaired) electrons. The Hall–Kier alpha value is -0.410. The quantitative estimate of drug-likeness (QED) is 0.837. The van der Waals surface area contributed by atoms with Crippen LogP contribution in [0.2, 0.25) is 0 Å². The second kappa shape index (κ2) is 4.62. The molecule has 0 unspecified atom stereocenters. The first-order valence-electron chi connectivity index (χ1n) is 5.69. The molecule has 1 aliphatic rings. The van der Waals surface area contributed by atoms with E-state index >= 15 is 0 Å². The Labute approximate surface area is 94.7 Å². The fourth-order valence-corrected chi connectivity index (χ4v) is 3.16. The van der Waals surface area contributed by atoms with Gasteiger partial charge in [-0.25, -0.2) is 4.39 Å². The molecular formula is C12H18FNS. The van der Waals surface area contributed by atoms with Crippen LogP contribution < -0.4 is 5.32 Å². The summed E-state index contributed by atoms with van der Waals surface area (Å²) in [4.78, 5) is 2.57. The third kappa shape index (κ3) is 2.79. The molecule has 0 amide bonds. The molecule has 0 aromatic carbocycles. The SMILES string of the molecule is CCc1ccc(CC2(F)CCNCC2)s1. The minimum absolute atomic E-state index is 0.610. The average molecular weight is 227 g/mol. The van der Waals surface area contributed by atoms with E-state index in [-0.39, 0.29) is 0 Å². The van der Waals surface area contributed by atoms with E-state index in [4.69, 9.17) is 0 Å². The Morgan fingerprint density at radius 3 is 2.60 bits per heavy atom. The standard InChI is InChI=1S/C12H18FNS/c1-2-10-3-4-11(15-10)9-12(13)5-7-14-8-6-12/h3-4,14H,2,5-9H2,1H3. The van der Waals surface area contributed by atoms with Crippen molar-refractivity contribution in [1.82, 2.24) is 5.32 Å². The van der Waals surface area contributed by atoms with Crippen LogP contribution in [0.3, 0.4) is 0 Å². The molecule has 1 aromatic rings. The molecule has 1 nitrogen and oxygen atoms in total. The molecule has 1 aliphatic heterocycles. The van der Waals surface area contributed by atoms with Gasteiger partial charge in [0.25, 0.3) is 0 Å². The molecular weight excluding hydrogens is 209 g/mol. The van der Waals surface area contributed by atoms with E-state index in [1.165, 1.54) is 9.75 Å². The van der Waals surface area contributed by atoms with Crippen molar-refractivity contribution < 1.29 is 4.39 Å². The number of aryl methyl sites for hydroxylation is 1. The van der Waals surface area contributed by atoms with Gasteiger partial charge in [0.1, 0.15) is 5.67 Å². The van der Waals surface area contributed by atoms with Crippen LogP contribution in [0.4, 0.5) is 4.39 Å². The van der Waals surface area contributed by atoms with Crippen LogP contribution in [0.5, 0.6) is 0 Å². The van der Waals surface area contributed by atoms with Gasteiger partial charge in [0.15, 0.2) is 0 Å². The average Bonchev–Trinajstić information content (AvgIpc) is 2.66. The van der Waals surface area contributed by atoms with Gasteiger partial charge >= 0.3 is 0 Å². The van der Waals surface area contributed by atoms with Crippen molar-refractivity contribution in [1.29, 1.82) is 0 Å². The van der Waals surface area contributed by atoms with Gasteiger partial charge in [0.05, 0.1) is 0 Å². The Morgan fingerprint density at radius 2 is 2.00 bits per heavy atom. The van der Waals surface area contributed by atoms with Crippen LogP contribution >= 0.6 is 11.3 Å². The highest BCUT2D eigenvalue weighted by Gasteiger charge is 2.32. The van der Waals surface area contributed by atoms with Crippen LogP contribution in [0.15, 0.2) is 12.1 Å². The zero-order chi connectivity index (χ0) is 10.7. The summed E-state index contributed by atoms with van der Waals surface area (Å²) in [7, 11) is 0. The molecule has 0 atom stereocenters. The fraction of sp³-hybridized carbons (Fsp3) is 0.667. The molecule has 3 heteroatoms. The van der Waals surface area contributed by atoms with Crippen molar-refractivity contribution in [3.63, 3.8) is 0 Å². The van der Waals surface area contributed by atoms with Gasteiger partial charge in [-0.05, 0) is 44.5 Å². The van der Waals surface area contributed by atoms with Gasteiger partial charge in [-0.3, -0.25) is 0 Å². The van der Waals surface area contributed by atoms with Crippen molar-refractivity contribution in [2.45, 2.75) is 38.3 Å². The third-order valence-corrected chi connectivity index (χ3v) is 4.29. The summed E-state index contributed by atoms with van der Waals surface area (Å²) in [6.07, 6.45) is 2.99. The van der Waals surface area contributed by atoms with E-state index < -0.39 is 5.67 Å². The van der Waals surface area contributed by atoms with Crippen LogP contribution in [0.1, 0.15) is 29.5 Å². The minimum Gasteiger partial charge on any atom is -0.316 e. The van der Waals surface area contributed by atoms with Crippen molar-refractivity contribution in [2.75, 3.05) is 13.1 Å². The summed E-state index contributed by atoms with van der Waals surface area (Å²) >= 11 is 1.76. The molecule has 0 aliphatic carbocycles. The number of piperidine rings is 1. The second-order valence-corrected chi connectivity index (χ2v) is 5.55. The lowest BCUT2D eigenvalue weighted by Gasteiger charge is -2.29. The van der Waals surface area contributed by atoms with Crippen LogP contribution in [0, 0.1) is 0 Å². The predicted octanol–water partition coefficient (Wildman–Crippen LogP) is 2.94. The largest absolute Gasteiger partial charge is 0.316 e. The van der Waals surface area contributed by atoms with E-state index in [9.17, 15) is 4.39 Å². The minimum atomic E-state index is -0.957. The highest BCUT2D eigenvalue weighted by Crippen LogP contribution is 2.30. The maximum Gasteiger partial charge on any atom is 0.118 e. The Kier molecular flexibility index (Phi) is 3.42. The van der Waals surface area contributed by atoms with Crippen molar-refractivity contribution in [3.05, 3.63) is 21.9 Å². The molecule has 2 rings (SSSR count). The van der Waals surface area contributed by atoms with Crippen molar-refractivity contribution in [2.24, 2.45) is 0 Å². The molecule has 0 saturated carbocycles. The summed E-state index contributed by atoms with van der Waals surface area (Å²) in [6, 6.07) is 4.22. The molecule has 1 aromatic heterocycles. The molecule has 15 heavy (non-hydrogen) atoms. The first-order valence-corrected chi connectivity index (χ1v) is 6.51. The predicted molar refractivity (Wildman–Crippen MR) is 63.3 cm³/mol. The van der Waals surface area contributed by atoms with Gasteiger partial charge < -0.3 is 5.32 Å². The molecule has 2 heterocycles. The maximum absolute atomic E-state index is 14.3. The normalized spacial score (nSPS) is 20.4. The van der Waals surface area contributed by atoms with Gasteiger partial charge in [-0.15, -0.1) is 11.3 Å². The van der Waals surface area contributed by atoms with Gasteiger partial charge in [-0.2, -0.15) is 0 Å². The summed E-state index contributed by atoms with van der Waals surface area (Å²) in [5, 5.41) is 3.21. The van der Waals surface area contributed by atoms with Gasteiger partial charge in [0, 0.05) is 16.2 Å². The lowest BCUT2D eigenvalue weighted by Crippen LogP contribution is -2.39. The molecule has 0 spiro atoms. The highest BCUT2D eigenvalue weighted by molar-refractivity contribution is 7.12. The molecule has 84 valence electrons. The highest BCUT2D eigenvalue weighted by atomic mass is 32.1. The maximum atomic E-state index is 14.3. The van der Waals surface area contributed by atoms with Crippen LogP contribution in [0.25, 0.3) is 0 Å². The molecule has 1 N–H and O–H groups in total. The summed E-state index contributed by atoms with van der Waals surface area (Å²) in [6.45, 7) is 3.79. The zero-order valence-electron chi connectivity index (χ0n) is 9.18. The number of rotatable bonds is 3. The Balaban J connectivity index is 2.00. The van der Waals surface area contributed by atoms with Crippen molar-refractivity contribution in [3.8, 4) is 0 Å². The number of hydrogen-bond acceptors (Lipinski definition) is 2. The second-order valence-electron chi connectivity index (χ2n) is 4.30. The first-order chi connectivity index (χ1) is 7.22. The number of thiophene rings is 1. The lowest BCUT2D eigenvalue weighted by atomic mass is 9.90. The summed E-state index contributed by atoms with van der Waals surface area (Å²) in [5.74, 6) is 0. The molecule has 1 fully saturated rings. The van der Waals surface area contributed by atoms with Gasteiger partial charge in [0.2, 0.25) is 0 Å². The lowest BCUT2D eigenvalue weighted by molar-refractivity contribution is 0.117. The summed E-state index contributed by atoms with van der Waals surface area (Å²) in [5.41, 5.74) is -0.957. The van der Waals surface area contributed by atoms with Crippen molar-refractivity contribution >= 4 is 11.3 Å². The number of halogens is 1. The van der Waals surface area contributed by atoms with E-state index in [1.54, 1.807) is 11.3 Å². The van der Waals surface area contributed by atoms with E-state index in [0.29, 0.717) is 19.3 Å². The van der Waals surface area contributed by atoms with E-state index in [1.807, 2.05) is 0 Å². The van der Waals surface area contributed by atoms with E-state index in [0.717, 1.165) is 19.5 Å². The number of alkyl halides is 1.